The predicted molar refractivity (Wildman–Crippen MR) is 104 cm³/mol. The zero-order chi connectivity index (χ0) is 18.2. The van der Waals surface area contributed by atoms with E-state index in [9.17, 15) is 9.59 Å². The SMILES string of the molecule is CNC(=O)c1ccc(NC(=S)NC(=O)/C=C/c2ccc(C)cc2)cc1. The maximum Gasteiger partial charge on any atom is 0.251 e. The van der Waals surface area contributed by atoms with Crippen molar-refractivity contribution in [3.05, 3.63) is 71.3 Å². The normalized spacial score (nSPS) is 10.3. The number of nitrogens with one attached hydrogen (secondary N) is 3. The summed E-state index contributed by atoms with van der Waals surface area (Å²) in [6, 6.07) is 14.6. The van der Waals surface area contributed by atoms with Gasteiger partial charge >= 0.3 is 0 Å². The first kappa shape index (κ1) is 18.4. The second kappa shape index (κ2) is 8.75. The van der Waals surface area contributed by atoms with Crippen LogP contribution in [0.1, 0.15) is 21.5 Å². The lowest BCUT2D eigenvalue weighted by Crippen LogP contribution is -2.32. The van der Waals surface area contributed by atoms with Crippen LogP contribution in [0, 0.1) is 6.92 Å². The number of anilines is 1. The van der Waals surface area contributed by atoms with E-state index in [0.29, 0.717) is 11.3 Å². The van der Waals surface area contributed by atoms with Crippen LogP contribution >= 0.6 is 12.2 Å². The van der Waals surface area contributed by atoms with Crippen molar-refractivity contribution in [3.8, 4) is 0 Å². The molecular formula is C19H19N3O2S. The van der Waals surface area contributed by atoms with Gasteiger partial charge in [0, 0.05) is 24.4 Å². The lowest BCUT2D eigenvalue weighted by molar-refractivity contribution is -0.115. The number of hydrogen-bond donors (Lipinski definition) is 3. The summed E-state index contributed by atoms with van der Waals surface area (Å²) in [4.78, 5) is 23.4. The largest absolute Gasteiger partial charge is 0.355 e. The molecule has 25 heavy (non-hydrogen) atoms. The van der Waals surface area contributed by atoms with Crippen LogP contribution < -0.4 is 16.0 Å². The van der Waals surface area contributed by atoms with Gasteiger partial charge in [0.1, 0.15) is 0 Å². The highest BCUT2D eigenvalue weighted by Gasteiger charge is 2.04. The van der Waals surface area contributed by atoms with Gasteiger partial charge in [-0.1, -0.05) is 29.8 Å². The van der Waals surface area contributed by atoms with Gasteiger partial charge < -0.3 is 10.6 Å². The molecule has 2 rings (SSSR count). The van der Waals surface area contributed by atoms with Gasteiger partial charge in [-0.25, -0.2) is 0 Å². The predicted octanol–water partition coefficient (Wildman–Crippen LogP) is 2.88. The lowest BCUT2D eigenvalue weighted by atomic mass is 10.1. The molecule has 0 heterocycles. The van der Waals surface area contributed by atoms with Crippen molar-refractivity contribution in [2.75, 3.05) is 12.4 Å². The maximum absolute atomic E-state index is 11.9. The Morgan fingerprint density at radius 2 is 1.64 bits per heavy atom. The molecule has 0 unspecified atom stereocenters. The van der Waals surface area contributed by atoms with Crippen molar-refractivity contribution in [2.45, 2.75) is 6.92 Å². The molecule has 2 aromatic carbocycles. The molecule has 0 bridgehead atoms. The quantitative estimate of drug-likeness (QED) is 0.584. The molecule has 2 amide bonds. The second-order valence-corrected chi connectivity index (χ2v) is 5.75. The first-order valence-corrected chi connectivity index (χ1v) is 8.07. The van der Waals surface area contributed by atoms with Gasteiger partial charge in [0.2, 0.25) is 5.91 Å². The van der Waals surface area contributed by atoms with Crippen LogP contribution in [0.5, 0.6) is 0 Å². The van der Waals surface area contributed by atoms with Gasteiger partial charge in [-0.2, -0.15) is 0 Å². The highest BCUT2D eigenvalue weighted by atomic mass is 32.1. The molecule has 3 N–H and O–H groups in total. The van der Waals surface area contributed by atoms with E-state index in [2.05, 4.69) is 16.0 Å². The fraction of sp³-hybridized carbons (Fsp3) is 0.105. The first-order valence-electron chi connectivity index (χ1n) is 7.67. The van der Waals surface area contributed by atoms with Crippen molar-refractivity contribution >= 4 is 40.9 Å². The van der Waals surface area contributed by atoms with E-state index in [-0.39, 0.29) is 16.9 Å². The molecule has 0 aliphatic carbocycles. The molecule has 0 spiro atoms. The molecule has 2 aromatic rings. The van der Waals surface area contributed by atoms with Crippen LogP contribution in [0.25, 0.3) is 6.08 Å². The van der Waals surface area contributed by atoms with Gasteiger partial charge in [0.25, 0.3) is 5.91 Å². The summed E-state index contributed by atoms with van der Waals surface area (Å²) in [7, 11) is 1.57. The molecule has 0 saturated carbocycles. The third kappa shape index (κ3) is 5.86. The number of benzene rings is 2. The molecule has 0 aliphatic heterocycles. The number of carbonyl (C=O) groups excluding carboxylic acids is 2. The Balaban J connectivity index is 1.87. The standard InChI is InChI=1S/C19H19N3O2S/c1-13-3-5-14(6-4-13)7-12-17(23)22-19(25)21-16-10-8-15(9-11-16)18(24)20-2/h3-12H,1-2H3,(H,20,24)(H2,21,22,23,25)/b12-7+. The molecule has 0 saturated heterocycles. The van der Waals surface area contributed by atoms with E-state index in [4.69, 9.17) is 12.2 Å². The number of rotatable bonds is 4. The molecule has 0 aliphatic rings. The summed E-state index contributed by atoms with van der Waals surface area (Å²) in [5.41, 5.74) is 3.32. The van der Waals surface area contributed by atoms with Crippen LogP contribution in [0.2, 0.25) is 0 Å². The van der Waals surface area contributed by atoms with E-state index in [1.807, 2.05) is 31.2 Å². The Morgan fingerprint density at radius 1 is 1.00 bits per heavy atom. The second-order valence-electron chi connectivity index (χ2n) is 5.34. The molecule has 6 heteroatoms. The third-order valence-electron chi connectivity index (χ3n) is 3.37. The average Bonchev–Trinajstić information content (AvgIpc) is 2.61. The van der Waals surface area contributed by atoms with E-state index in [1.165, 1.54) is 6.08 Å². The summed E-state index contributed by atoms with van der Waals surface area (Å²) in [6.07, 6.45) is 3.14. The third-order valence-corrected chi connectivity index (χ3v) is 3.58. The average molecular weight is 353 g/mol. The van der Waals surface area contributed by atoms with Gasteiger partial charge in [-0.15, -0.1) is 0 Å². The van der Waals surface area contributed by atoms with E-state index < -0.39 is 0 Å². The van der Waals surface area contributed by atoms with E-state index in [1.54, 1.807) is 37.4 Å². The van der Waals surface area contributed by atoms with Gasteiger partial charge in [0.05, 0.1) is 0 Å². The van der Waals surface area contributed by atoms with Crippen LogP contribution in [0.3, 0.4) is 0 Å². The number of aryl methyl sites for hydroxylation is 1. The van der Waals surface area contributed by atoms with Crippen LogP contribution in [-0.4, -0.2) is 24.0 Å². The molecule has 0 radical (unpaired) electrons. The molecule has 128 valence electrons. The minimum atomic E-state index is -0.319. The van der Waals surface area contributed by atoms with Crippen LogP contribution in [0.4, 0.5) is 5.69 Å². The number of amides is 2. The minimum Gasteiger partial charge on any atom is -0.355 e. The Morgan fingerprint density at radius 3 is 2.24 bits per heavy atom. The zero-order valence-corrected chi connectivity index (χ0v) is 14.8. The molecule has 0 atom stereocenters. The summed E-state index contributed by atoms with van der Waals surface area (Å²) < 4.78 is 0. The molecule has 0 aromatic heterocycles. The number of thiocarbonyl (C=S) groups is 1. The summed E-state index contributed by atoms with van der Waals surface area (Å²) >= 11 is 5.11. The monoisotopic (exact) mass is 353 g/mol. The van der Waals surface area contributed by atoms with Crippen LogP contribution in [-0.2, 0) is 4.79 Å². The van der Waals surface area contributed by atoms with E-state index in [0.717, 1.165) is 11.1 Å². The highest BCUT2D eigenvalue weighted by Crippen LogP contribution is 2.09. The van der Waals surface area contributed by atoms with Crippen molar-refractivity contribution in [3.63, 3.8) is 0 Å². The Hall–Kier alpha value is -2.99. The van der Waals surface area contributed by atoms with Gasteiger partial charge in [-0.05, 0) is 55.0 Å². The Labute approximate surface area is 152 Å². The summed E-state index contributed by atoms with van der Waals surface area (Å²) in [5.74, 6) is -0.483. The fourth-order valence-electron chi connectivity index (χ4n) is 2.01. The van der Waals surface area contributed by atoms with Crippen molar-refractivity contribution < 1.29 is 9.59 Å². The molecule has 5 nitrogen and oxygen atoms in total. The maximum atomic E-state index is 11.9. The Bertz CT molecular complexity index is 796. The fourth-order valence-corrected chi connectivity index (χ4v) is 2.23. The van der Waals surface area contributed by atoms with Gasteiger partial charge in [-0.3, -0.25) is 14.9 Å². The first-order chi connectivity index (χ1) is 12.0. The number of carbonyl (C=O) groups is 2. The smallest absolute Gasteiger partial charge is 0.251 e. The summed E-state index contributed by atoms with van der Waals surface area (Å²) in [6.45, 7) is 2.01. The van der Waals surface area contributed by atoms with Crippen molar-refractivity contribution in [1.29, 1.82) is 0 Å². The van der Waals surface area contributed by atoms with Crippen molar-refractivity contribution in [1.82, 2.24) is 10.6 Å². The van der Waals surface area contributed by atoms with Crippen molar-refractivity contribution in [2.24, 2.45) is 0 Å². The minimum absolute atomic E-state index is 0.163. The molecule has 0 fully saturated rings. The Kier molecular flexibility index (Phi) is 6.42. The number of hydrogen-bond acceptors (Lipinski definition) is 3. The van der Waals surface area contributed by atoms with Gasteiger partial charge in [0.15, 0.2) is 5.11 Å². The topological polar surface area (TPSA) is 70.2 Å². The highest BCUT2D eigenvalue weighted by molar-refractivity contribution is 7.80. The zero-order valence-electron chi connectivity index (χ0n) is 14.0. The summed E-state index contributed by atoms with van der Waals surface area (Å²) in [5, 5.41) is 8.21. The van der Waals surface area contributed by atoms with Crippen LogP contribution in [0.15, 0.2) is 54.6 Å². The lowest BCUT2D eigenvalue weighted by Gasteiger charge is -2.08. The van der Waals surface area contributed by atoms with E-state index >= 15 is 0 Å². The molecular weight excluding hydrogens is 334 g/mol.